The molecule has 0 bridgehead atoms. The Bertz CT molecular complexity index is 745. The molecule has 0 aliphatic carbocycles. The molecule has 0 saturated carbocycles. The number of hydrogen-bond acceptors (Lipinski definition) is 3. The van der Waals surface area contributed by atoms with Crippen LogP contribution in [0.5, 0.6) is 0 Å². The van der Waals surface area contributed by atoms with Crippen LogP contribution in [0.3, 0.4) is 0 Å². The molecule has 2 aromatic rings. The van der Waals surface area contributed by atoms with Crippen molar-refractivity contribution in [3.05, 3.63) is 54.1 Å². The van der Waals surface area contributed by atoms with Crippen LogP contribution in [0.25, 0.3) is 0 Å². The van der Waals surface area contributed by atoms with Gasteiger partial charge in [0.15, 0.2) is 0 Å². The van der Waals surface area contributed by atoms with Crippen LogP contribution in [0, 0.1) is 0 Å². The van der Waals surface area contributed by atoms with Crippen molar-refractivity contribution in [1.29, 1.82) is 0 Å². The van der Waals surface area contributed by atoms with Gasteiger partial charge in [-0.05, 0) is 36.9 Å². The molecule has 0 aromatic heterocycles. The van der Waals surface area contributed by atoms with Crippen LogP contribution in [0.4, 0.5) is 11.4 Å². The van der Waals surface area contributed by atoms with Gasteiger partial charge in [0.1, 0.15) is 0 Å². The molecule has 4 nitrogen and oxygen atoms in total. The molecule has 0 unspecified atom stereocenters. The van der Waals surface area contributed by atoms with Gasteiger partial charge in [0.05, 0.1) is 16.9 Å². The smallest absolute Gasteiger partial charge is 0.256 e. The summed E-state index contributed by atoms with van der Waals surface area (Å²) in [6.45, 7) is 0.702. The van der Waals surface area contributed by atoms with E-state index in [9.17, 15) is 9.59 Å². The fourth-order valence-corrected chi connectivity index (χ4v) is 3.33. The third-order valence-corrected chi connectivity index (χ3v) is 4.66. The molecule has 5 heteroatoms. The minimum atomic E-state index is -0.158. The highest BCUT2D eigenvalue weighted by atomic mass is 32.2. The number of rotatable bonds is 4. The van der Waals surface area contributed by atoms with Crippen molar-refractivity contribution in [3.63, 3.8) is 0 Å². The van der Waals surface area contributed by atoms with Gasteiger partial charge in [-0.15, -0.1) is 11.8 Å². The lowest BCUT2D eigenvalue weighted by atomic mass is 10.2. The molecule has 0 spiro atoms. The second-order valence-corrected chi connectivity index (χ2v) is 6.17. The summed E-state index contributed by atoms with van der Waals surface area (Å²) in [7, 11) is 0. The molecule has 2 amide bonds. The third-order valence-electron chi connectivity index (χ3n) is 3.87. The first-order valence-corrected chi connectivity index (χ1v) is 8.77. The highest BCUT2D eigenvalue weighted by Gasteiger charge is 2.24. The molecule has 1 fully saturated rings. The van der Waals surface area contributed by atoms with E-state index in [0.717, 1.165) is 17.0 Å². The Kier molecular flexibility index (Phi) is 4.67. The van der Waals surface area contributed by atoms with Gasteiger partial charge in [-0.1, -0.05) is 24.3 Å². The highest BCUT2D eigenvalue weighted by Crippen LogP contribution is 2.30. The molecule has 1 heterocycles. The highest BCUT2D eigenvalue weighted by molar-refractivity contribution is 7.98. The Morgan fingerprint density at radius 3 is 2.61 bits per heavy atom. The van der Waals surface area contributed by atoms with Gasteiger partial charge >= 0.3 is 0 Å². The number of nitrogens with one attached hydrogen (secondary N) is 1. The molecule has 1 saturated heterocycles. The van der Waals surface area contributed by atoms with Crippen molar-refractivity contribution in [2.45, 2.75) is 17.7 Å². The van der Waals surface area contributed by atoms with E-state index in [-0.39, 0.29) is 11.8 Å². The maximum Gasteiger partial charge on any atom is 0.256 e. The van der Waals surface area contributed by atoms with Crippen molar-refractivity contribution in [2.75, 3.05) is 23.0 Å². The number of anilines is 2. The third kappa shape index (κ3) is 3.24. The summed E-state index contributed by atoms with van der Waals surface area (Å²) in [6.07, 6.45) is 3.37. The maximum absolute atomic E-state index is 12.6. The molecular weight excluding hydrogens is 308 g/mol. The molecule has 0 radical (unpaired) electrons. The second-order valence-electron chi connectivity index (χ2n) is 5.32. The van der Waals surface area contributed by atoms with Gasteiger partial charge in [0.25, 0.3) is 5.91 Å². The van der Waals surface area contributed by atoms with E-state index in [1.54, 1.807) is 4.90 Å². The van der Waals surface area contributed by atoms with Crippen LogP contribution in [0.15, 0.2) is 53.4 Å². The van der Waals surface area contributed by atoms with E-state index in [0.29, 0.717) is 24.2 Å². The van der Waals surface area contributed by atoms with Crippen LogP contribution in [0.2, 0.25) is 0 Å². The molecule has 1 aliphatic rings. The largest absolute Gasteiger partial charge is 0.320 e. The lowest BCUT2D eigenvalue weighted by molar-refractivity contribution is -0.117. The first-order valence-electron chi connectivity index (χ1n) is 7.54. The Morgan fingerprint density at radius 2 is 1.87 bits per heavy atom. The molecule has 1 N–H and O–H groups in total. The summed E-state index contributed by atoms with van der Waals surface area (Å²) in [5, 5.41) is 2.95. The first kappa shape index (κ1) is 15.6. The predicted octanol–water partition coefficient (Wildman–Crippen LogP) is 3.79. The van der Waals surface area contributed by atoms with Gasteiger partial charge in [0.2, 0.25) is 5.91 Å². The summed E-state index contributed by atoms with van der Waals surface area (Å²) < 4.78 is 0. The fraction of sp³-hybridized carbons (Fsp3) is 0.222. The maximum atomic E-state index is 12.6. The standard InChI is InChI=1S/C18H18N2O2S/c1-23-16-10-5-2-7-13(16)18(22)19-14-8-3-4-9-15(14)20-12-6-11-17(20)21/h2-5,7-10H,6,11-12H2,1H3,(H,19,22). The fourth-order valence-electron chi connectivity index (χ4n) is 2.74. The minimum Gasteiger partial charge on any atom is -0.320 e. The number of carbonyl (C=O) groups is 2. The van der Waals surface area contributed by atoms with E-state index >= 15 is 0 Å². The van der Waals surface area contributed by atoms with Crippen LogP contribution >= 0.6 is 11.8 Å². The minimum absolute atomic E-state index is 0.108. The Labute approximate surface area is 139 Å². The Hall–Kier alpha value is -2.27. The van der Waals surface area contributed by atoms with E-state index in [2.05, 4.69) is 5.32 Å². The monoisotopic (exact) mass is 326 g/mol. The van der Waals surface area contributed by atoms with Crippen molar-refractivity contribution in [2.24, 2.45) is 0 Å². The van der Waals surface area contributed by atoms with E-state index in [4.69, 9.17) is 0 Å². The van der Waals surface area contributed by atoms with Crippen LogP contribution in [-0.4, -0.2) is 24.6 Å². The Morgan fingerprint density at radius 1 is 1.13 bits per heavy atom. The zero-order valence-corrected chi connectivity index (χ0v) is 13.7. The van der Waals surface area contributed by atoms with Crippen molar-refractivity contribution in [1.82, 2.24) is 0 Å². The number of nitrogens with zero attached hydrogens (tertiary/aromatic N) is 1. The van der Waals surface area contributed by atoms with E-state index < -0.39 is 0 Å². The van der Waals surface area contributed by atoms with Gasteiger partial charge < -0.3 is 10.2 Å². The SMILES string of the molecule is CSc1ccccc1C(=O)Nc1ccccc1N1CCCC1=O. The van der Waals surface area contributed by atoms with E-state index in [1.807, 2.05) is 54.8 Å². The predicted molar refractivity (Wildman–Crippen MR) is 94.2 cm³/mol. The number of thioether (sulfide) groups is 1. The summed E-state index contributed by atoms with van der Waals surface area (Å²) in [5.74, 6) is -0.0507. The van der Waals surface area contributed by atoms with Crippen LogP contribution in [-0.2, 0) is 4.79 Å². The number of amides is 2. The average molecular weight is 326 g/mol. The Balaban J connectivity index is 1.88. The molecule has 118 valence electrons. The number of para-hydroxylation sites is 2. The molecule has 0 atom stereocenters. The number of hydrogen-bond donors (Lipinski definition) is 1. The summed E-state index contributed by atoms with van der Waals surface area (Å²) in [5.41, 5.74) is 2.08. The quantitative estimate of drug-likeness (QED) is 0.870. The first-order chi connectivity index (χ1) is 11.2. The lowest BCUT2D eigenvalue weighted by Gasteiger charge is -2.20. The molecule has 3 rings (SSSR count). The van der Waals surface area contributed by atoms with Gasteiger partial charge in [-0.25, -0.2) is 0 Å². The van der Waals surface area contributed by atoms with Crippen molar-refractivity contribution >= 4 is 35.0 Å². The lowest BCUT2D eigenvalue weighted by Crippen LogP contribution is -2.25. The molecule has 2 aromatic carbocycles. The zero-order chi connectivity index (χ0) is 16.2. The summed E-state index contributed by atoms with van der Waals surface area (Å²) in [6, 6.07) is 15.0. The van der Waals surface area contributed by atoms with Gasteiger partial charge in [0, 0.05) is 17.9 Å². The van der Waals surface area contributed by atoms with E-state index in [1.165, 1.54) is 11.8 Å². The van der Waals surface area contributed by atoms with Gasteiger partial charge in [-0.2, -0.15) is 0 Å². The van der Waals surface area contributed by atoms with Crippen LogP contribution in [0.1, 0.15) is 23.2 Å². The normalized spacial score (nSPS) is 14.1. The average Bonchev–Trinajstić information content (AvgIpc) is 3.01. The molecule has 23 heavy (non-hydrogen) atoms. The zero-order valence-electron chi connectivity index (χ0n) is 12.9. The van der Waals surface area contributed by atoms with Gasteiger partial charge in [-0.3, -0.25) is 9.59 Å². The van der Waals surface area contributed by atoms with Crippen LogP contribution < -0.4 is 10.2 Å². The molecule has 1 aliphatic heterocycles. The number of benzene rings is 2. The summed E-state index contributed by atoms with van der Waals surface area (Å²) in [4.78, 5) is 27.3. The second kappa shape index (κ2) is 6.87. The van der Waals surface area contributed by atoms with Crippen molar-refractivity contribution in [3.8, 4) is 0 Å². The number of carbonyl (C=O) groups excluding carboxylic acids is 2. The molecular formula is C18H18N2O2S. The van der Waals surface area contributed by atoms with Crippen molar-refractivity contribution < 1.29 is 9.59 Å². The topological polar surface area (TPSA) is 49.4 Å². The summed E-state index contributed by atoms with van der Waals surface area (Å²) >= 11 is 1.54.